The second-order valence-electron chi connectivity index (χ2n) is 4.64. The predicted molar refractivity (Wildman–Crippen MR) is 70.8 cm³/mol. The summed E-state index contributed by atoms with van der Waals surface area (Å²) in [5.41, 5.74) is 0. The van der Waals surface area contributed by atoms with Crippen molar-refractivity contribution in [2.24, 2.45) is 0 Å². The van der Waals surface area contributed by atoms with Gasteiger partial charge in [0.2, 0.25) is 0 Å². The van der Waals surface area contributed by atoms with Crippen LogP contribution in [0.1, 0.15) is 66.1 Å². The van der Waals surface area contributed by atoms with Crippen molar-refractivity contribution < 1.29 is 49.1 Å². The summed E-state index contributed by atoms with van der Waals surface area (Å²) in [7, 11) is -3.87. The topological polar surface area (TPSA) is 74.6 Å². The van der Waals surface area contributed by atoms with Gasteiger partial charge in [-0.3, -0.25) is 4.55 Å². The summed E-state index contributed by atoms with van der Waals surface area (Å²) in [6.45, 7) is 2.18. The van der Waals surface area contributed by atoms with Gasteiger partial charge in [-0.2, -0.15) is 8.42 Å². The molecule has 0 aliphatic heterocycles. The van der Waals surface area contributed by atoms with E-state index in [9.17, 15) is 13.5 Å². The monoisotopic (exact) mass is 290 g/mol. The van der Waals surface area contributed by atoms with Crippen LogP contribution in [-0.2, 0) is 10.1 Å². The number of unbranched alkanes of at least 4 members (excludes halogenated alkanes) is 5. The van der Waals surface area contributed by atoms with Crippen LogP contribution in [0.5, 0.6) is 0 Å². The van der Waals surface area contributed by atoms with E-state index in [-0.39, 0.29) is 36.7 Å². The van der Waals surface area contributed by atoms with Crippen LogP contribution in [0, 0.1) is 0 Å². The van der Waals surface area contributed by atoms with Crippen molar-refractivity contribution in [3.8, 4) is 0 Å². The van der Waals surface area contributed by atoms with E-state index in [2.05, 4.69) is 6.92 Å². The minimum Gasteiger partial charge on any atom is -1.00 e. The first kappa shape index (κ1) is 21.2. The number of rotatable bonds is 11. The van der Waals surface area contributed by atoms with Crippen molar-refractivity contribution in [3.63, 3.8) is 0 Å². The van der Waals surface area contributed by atoms with Crippen LogP contribution in [0.15, 0.2) is 0 Å². The molecule has 0 spiro atoms. The number of aliphatic hydroxyl groups excluding tert-OH is 1. The Balaban J connectivity index is -0.00000128. The van der Waals surface area contributed by atoms with Gasteiger partial charge in [-0.05, 0) is 19.3 Å². The summed E-state index contributed by atoms with van der Waals surface area (Å²) < 4.78 is 29.4. The molecule has 0 heterocycles. The molecule has 0 amide bonds. The zero-order valence-electron chi connectivity index (χ0n) is 12.8. The maximum absolute atomic E-state index is 10.4. The fourth-order valence-electron chi connectivity index (χ4n) is 1.81. The molecule has 0 bridgehead atoms. The third-order valence-electron chi connectivity index (χ3n) is 2.83. The van der Waals surface area contributed by atoms with Crippen LogP contribution in [0.25, 0.3) is 0 Å². The Morgan fingerprint density at radius 2 is 1.50 bits per heavy atom. The quantitative estimate of drug-likeness (QED) is 0.316. The molecule has 0 fully saturated rings. The van der Waals surface area contributed by atoms with Gasteiger partial charge in [-0.25, -0.2) is 0 Å². The molecule has 0 aliphatic rings. The third kappa shape index (κ3) is 16.9. The van der Waals surface area contributed by atoms with Gasteiger partial charge in [0.1, 0.15) is 0 Å². The third-order valence-corrected chi connectivity index (χ3v) is 3.64. The van der Waals surface area contributed by atoms with Crippen molar-refractivity contribution in [1.29, 1.82) is 0 Å². The van der Waals surface area contributed by atoms with Crippen LogP contribution in [-0.4, -0.2) is 29.9 Å². The zero-order chi connectivity index (χ0) is 13.1. The van der Waals surface area contributed by atoms with Gasteiger partial charge in [0.15, 0.2) is 0 Å². The molecule has 6 heteroatoms. The van der Waals surface area contributed by atoms with Gasteiger partial charge in [-0.1, -0.05) is 45.4 Å². The van der Waals surface area contributed by atoms with E-state index >= 15 is 0 Å². The van der Waals surface area contributed by atoms with Crippen LogP contribution >= 0.6 is 0 Å². The average molecular weight is 290 g/mol. The van der Waals surface area contributed by atoms with Gasteiger partial charge in [0.05, 0.1) is 11.9 Å². The second kappa shape index (κ2) is 12.9. The summed E-state index contributed by atoms with van der Waals surface area (Å²) in [4.78, 5) is 0. The Morgan fingerprint density at radius 1 is 1.00 bits per heavy atom. The summed E-state index contributed by atoms with van der Waals surface area (Å²) in [6.07, 6.45) is 8.20. The van der Waals surface area contributed by atoms with Gasteiger partial charge >= 0.3 is 29.6 Å². The normalized spacial score (nSPS) is 13.1. The molecular weight excluding hydrogens is 263 g/mol. The fourth-order valence-corrected chi connectivity index (χ4v) is 2.34. The van der Waals surface area contributed by atoms with E-state index < -0.39 is 16.2 Å². The van der Waals surface area contributed by atoms with Crippen molar-refractivity contribution in [2.45, 2.75) is 70.8 Å². The molecule has 1 unspecified atom stereocenters. The second-order valence-corrected chi connectivity index (χ2v) is 6.21. The average Bonchev–Trinajstić information content (AvgIpc) is 2.21. The summed E-state index contributed by atoms with van der Waals surface area (Å²) in [5.74, 6) is -0.249. The minimum absolute atomic E-state index is 0. The molecule has 4 nitrogen and oxygen atoms in total. The molecule has 1 atom stereocenters. The van der Waals surface area contributed by atoms with Gasteiger partial charge in [0, 0.05) is 0 Å². The molecule has 0 aromatic heterocycles. The molecule has 0 aromatic carbocycles. The van der Waals surface area contributed by atoms with E-state index in [1.807, 2.05) is 0 Å². The zero-order valence-corrected chi connectivity index (χ0v) is 14.6. The Hall–Kier alpha value is 0.870. The summed E-state index contributed by atoms with van der Waals surface area (Å²) in [6, 6.07) is 0. The number of aliphatic hydroxyl groups is 1. The van der Waals surface area contributed by atoms with Crippen molar-refractivity contribution >= 4 is 10.1 Å². The van der Waals surface area contributed by atoms with E-state index in [1.54, 1.807) is 0 Å². The first-order chi connectivity index (χ1) is 7.95. The molecule has 0 saturated heterocycles. The van der Waals surface area contributed by atoms with Crippen LogP contribution in [0.3, 0.4) is 0 Å². The van der Waals surface area contributed by atoms with Crippen LogP contribution in [0.2, 0.25) is 0 Å². The SMILES string of the molecule is CCCCCCCCC(O)CCCS(=O)(=O)O.[H-].[Na+]. The number of hydrogen-bond donors (Lipinski definition) is 2. The van der Waals surface area contributed by atoms with Gasteiger partial charge in [-0.15, -0.1) is 0 Å². The van der Waals surface area contributed by atoms with Crippen LogP contribution < -0.4 is 29.6 Å². The van der Waals surface area contributed by atoms with E-state index in [0.29, 0.717) is 12.8 Å². The van der Waals surface area contributed by atoms with E-state index in [4.69, 9.17) is 4.55 Å². The molecular formula is C12H27NaO4S. The molecule has 0 radical (unpaired) electrons. The molecule has 106 valence electrons. The maximum atomic E-state index is 10.4. The van der Waals surface area contributed by atoms with Crippen molar-refractivity contribution in [3.05, 3.63) is 0 Å². The largest absolute Gasteiger partial charge is 1.00 e. The molecule has 0 aromatic rings. The molecule has 0 saturated carbocycles. The fraction of sp³-hybridized carbons (Fsp3) is 1.00. The first-order valence-corrected chi connectivity index (χ1v) is 8.20. The Labute approximate surface area is 135 Å². The maximum Gasteiger partial charge on any atom is 1.00 e. The smallest absolute Gasteiger partial charge is 1.00 e. The Morgan fingerprint density at radius 3 is 2.06 bits per heavy atom. The predicted octanol–water partition coefficient (Wildman–Crippen LogP) is -0.118. The molecule has 0 rings (SSSR count). The number of hydrogen-bond acceptors (Lipinski definition) is 3. The standard InChI is InChI=1S/C12H26O4S.Na.H/c1-2-3-4-5-6-7-9-12(13)10-8-11-17(14,15)16;;/h12-13H,2-11H2,1H3,(H,14,15,16);;/q;+1;-1. The molecule has 18 heavy (non-hydrogen) atoms. The van der Waals surface area contributed by atoms with Crippen molar-refractivity contribution in [1.82, 2.24) is 0 Å². The minimum atomic E-state index is -3.87. The first-order valence-electron chi connectivity index (χ1n) is 6.59. The summed E-state index contributed by atoms with van der Waals surface area (Å²) >= 11 is 0. The van der Waals surface area contributed by atoms with Gasteiger partial charge in [0.25, 0.3) is 10.1 Å². The van der Waals surface area contributed by atoms with E-state index in [0.717, 1.165) is 19.3 Å². The Kier molecular flexibility index (Phi) is 15.2. The Bertz CT molecular complexity index is 273. The van der Waals surface area contributed by atoms with Crippen molar-refractivity contribution in [2.75, 3.05) is 5.75 Å². The van der Waals surface area contributed by atoms with Crippen LogP contribution in [0.4, 0.5) is 0 Å². The molecule has 0 aliphatic carbocycles. The van der Waals surface area contributed by atoms with E-state index in [1.165, 1.54) is 25.7 Å². The molecule has 2 N–H and O–H groups in total. The summed E-state index contributed by atoms with van der Waals surface area (Å²) in [5, 5.41) is 9.57. The van der Waals surface area contributed by atoms with Gasteiger partial charge < -0.3 is 6.53 Å².